The van der Waals surface area contributed by atoms with Crippen LogP contribution in [0.2, 0.25) is 0 Å². The molecule has 0 spiro atoms. The lowest BCUT2D eigenvalue weighted by molar-refractivity contribution is -0.159. The zero-order chi connectivity index (χ0) is 18.9. The van der Waals surface area contributed by atoms with E-state index in [9.17, 15) is 14.4 Å². The Balaban J connectivity index is 1.78. The minimum absolute atomic E-state index is 0.00928. The van der Waals surface area contributed by atoms with Gasteiger partial charge < -0.3 is 14.2 Å². The first kappa shape index (κ1) is 18.4. The summed E-state index contributed by atoms with van der Waals surface area (Å²) in [4.78, 5) is 39.3. The summed E-state index contributed by atoms with van der Waals surface area (Å²) in [5, 5.41) is 0. The fourth-order valence-corrected chi connectivity index (χ4v) is 3.63. The van der Waals surface area contributed by atoms with Gasteiger partial charge in [0.05, 0.1) is 13.7 Å². The van der Waals surface area contributed by atoms with Crippen LogP contribution in [0.15, 0.2) is 30.3 Å². The van der Waals surface area contributed by atoms with E-state index in [1.54, 1.807) is 0 Å². The summed E-state index contributed by atoms with van der Waals surface area (Å²) < 4.78 is 15.9. The smallest absolute Gasteiger partial charge is 0.334 e. The predicted octanol–water partition coefficient (Wildman–Crippen LogP) is 1.50. The molecule has 0 bridgehead atoms. The van der Waals surface area contributed by atoms with Gasteiger partial charge in [0.1, 0.15) is 18.8 Å². The molecular formula is C19H23NO6. The molecule has 7 heteroatoms. The highest BCUT2D eigenvalue weighted by Crippen LogP contribution is 2.44. The van der Waals surface area contributed by atoms with Gasteiger partial charge in [-0.1, -0.05) is 44.2 Å². The highest BCUT2D eigenvalue weighted by atomic mass is 16.6. The summed E-state index contributed by atoms with van der Waals surface area (Å²) >= 11 is 0. The molecule has 0 aromatic heterocycles. The van der Waals surface area contributed by atoms with E-state index in [1.807, 2.05) is 44.2 Å². The predicted molar refractivity (Wildman–Crippen MR) is 90.5 cm³/mol. The molecule has 2 saturated heterocycles. The molecule has 2 heterocycles. The Bertz CT molecular complexity index is 703. The average molecular weight is 361 g/mol. The van der Waals surface area contributed by atoms with E-state index in [0.717, 1.165) is 5.56 Å². The van der Waals surface area contributed by atoms with Crippen molar-refractivity contribution in [3.05, 3.63) is 35.9 Å². The Hall–Kier alpha value is -2.41. The van der Waals surface area contributed by atoms with Crippen molar-refractivity contribution in [3.63, 3.8) is 0 Å². The fraction of sp³-hybridized carbons (Fsp3) is 0.526. The van der Waals surface area contributed by atoms with E-state index >= 15 is 0 Å². The van der Waals surface area contributed by atoms with Gasteiger partial charge in [0.2, 0.25) is 5.91 Å². The van der Waals surface area contributed by atoms with Crippen molar-refractivity contribution in [2.75, 3.05) is 13.7 Å². The average Bonchev–Trinajstić information content (AvgIpc) is 3.17. The van der Waals surface area contributed by atoms with Crippen LogP contribution in [-0.4, -0.2) is 48.2 Å². The van der Waals surface area contributed by atoms with Gasteiger partial charge in [0.15, 0.2) is 5.54 Å². The fourth-order valence-electron chi connectivity index (χ4n) is 3.63. The van der Waals surface area contributed by atoms with Crippen LogP contribution in [0.4, 0.5) is 0 Å². The van der Waals surface area contributed by atoms with Crippen molar-refractivity contribution in [1.82, 2.24) is 4.90 Å². The van der Waals surface area contributed by atoms with E-state index in [0.29, 0.717) is 0 Å². The van der Waals surface area contributed by atoms with Gasteiger partial charge in [-0.2, -0.15) is 0 Å². The summed E-state index contributed by atoms with van der Waals surface area (Å²) in [5.74, 6) is -2.68. The summed E-state index contributed by atoms with van der Waals surface area (Å²) in [7, 11) is 1.27. The van der Waals surface area contributed by atoms with E-state index in [-0.39, 0.29) is 25.6 Å². The third-order valence-electron chi connectivity index (χ3n) is 4.93. The molecule has 2 aliphatic rings. The third-order valence-corrected chi connectivity index (χ3v) is 4.93. The number of methoxy groups -OCH3 is 1. The number of amides is 1. The van der Waals surface area contributed by atoms with Crippen LogP contribution in [0.1, 0.15) is 25.8 Å². The van der Waals surface area contributed by atoms with Crippen LogP contribution in [0.3, 0.4) is 0 Å². The molecule has 26 heavy (non-hydrogen) atoms. The quantitative estimate of drug-likeness (QED) is 0.584. The Morgan fingerprint density at radius 3 is 2.62 bits per heavy atom. The van der Waals surface area contributed by atoms with Gasteiger partial charge in [0, 0.05) is 6.42 Å². The number of nitrogens with zero attached hydrogens (tertiary/aromatic N) is 1. The number of rotatable bonds is 5. The molecule has 1 unspecified atom stereocenters. The molecule has 0 N–H and O–H groups in total. The molecule has 0 saturated carbocycles. The lowest BCUT2D eigenvalue weighted by Gasteiger charge is -2.31. The number of carbonyl (C=O) groups excluding carboxylic acids is 3. The standard InChI is InChI=1S/C19H23NO6/c1-12(2)16-20-15(21)14(9-19(20,11-26-16)18(23)24-3)17(22)25-10-13-7-5-4-6-8-13/h4-8,12,14,16H,9-11H2,1-3H3/t14?,16-,19+/m0/s1. The number of esters is 2. The molecule has 3 rings (SSSR count). The molecule has 0 radical (unpaired) electrons. The number of benzene rings is 1. The van der Waals surface area contributed by atoms with Gasteiger partial charge in [-0.05, 0) is 11.5 Å². The van der Waals surface area contributed by atoms with Crippen molar-refractivity contribution in [1.29, 1.82) is 0 Å². The van der Waals surface area contributed by atoms with Crippen LogP contribution < -0.4 is 0 Å². The maximum Gasteiger partial charge on any atom is 0.334 e. The monoisotopic (exact) mass is 361 g/mol. The van der Waals surface area contributed by atoms with E-state index < -0.39 is 35.5 Å². The van der Waals surface area contributed by atoms with Crippen molar-refractivity contribution < 1.29 is 28.6 Å². The van der Waals surface area contributed by atoms with Crippen molar-refractivity contribution >= 4 is 17.8 Å². The Labute approximate surface area is 152 Å². The first-order valence-corrected chi connectivity index (χ1v) is 8.64. The minimum atomic E-state index is -1.25. The van der Waals surface area contributed by atoms with E-state index in [1.165, 1.54) is 12.0 Å². The highest BCUT2D eigenvalue weighted by molar-refractivity contribution is 6.04. The largest absolute Gasteiger partial charge is 0.467 e. The summed E-state index contributed by atoms with van der Waals surface area (Å²) in [6, 6.07) is 9.22. The molecule has 2 fully saturated rings. The van der Waals surface area contributed by atoms with Gasteiger partial charge in [-0.15, -0.1) is 0 Å². The molecule has 1 amide bonds. The van der Waals surface area contributed by atoms with Crippen LogP contribution in [0, 0.1) is 11.8 Å². The SMILES string of the molecule is COC(=O)[C@@]12CO[C@@H](C(C)C)N1C(=O)C(C(=O)OCc1ccccc1)C2. The van der Waals surface area contributed by atoms with Crippen LogP contribution in [0.25, 0.3) is 0 Å². The number of ether oxygens (including phenoxy) is 3. The molecular weight excluding hydrogens is 338 g/mol. The second kappa shape index (κ2) is 7.07. The van der Waals surface area contributed by atoms with E-state index in [2.05, 4.69) is 0 Å². The minimum Gasteiger partial charge on any atom is -0.467 e. The van der Waals surface area contributed by atoms with Crippen LogP contribution >= 0.6 is 0 Å². The molecule has 1 aromatic carbocycles. The molecule has 3 atom stereocenters. The highest BCUT2D eigenvalue weighted by Gasteiger charge is 2.65. The topological polar surface area (TPSA) is 82.1 Å². The molecule has 140 valence electrons. The van der Waals surface area contributed by atoms with Gasteiger partial charge >= 0.3 is 11.9 Å². The molecule has 1 aromatic rings. The number of fused-ring (bicyclic) bond motifs is 1. The number of hydrogen-bond acceptors (Lipinski definition) is 6. The van der Waals surface area contributed by atoms with Gasteiger partial charge in [0.25, 0.3) is 0 Å². The Morgan fingerprint density at radius 2 is 2.00 bits per heavy atom. The van der Waals surface area contributed by atoms with Crippen LogP contribution in [-0.2, 0) is 35.2 Å². The first-order valence-electron chi connectivity index (χ1n) is 8.64. The second-order valence-electron chi connectivity index (χ2n) is 7.03. The maximum atomic E-state index is 12.9. The maximum absolute atomic E-state index is 12.9. The Kier molecular flexibility index (Phi) is 5.00. The van der Waals surface area contributed by atoms with Gasteiger partial charge in [-0.3, -0.25) is 14.5 Å². The first-order chi connectivity index (χ1) is 12.4. The third kappa shape index (κ3) is 2.96. The lowest BCUT2D eigenvalue weighted by Crippen LogP contribution is -2.53. The number of hydrogen-bond donors (Lipinski definition) is 0. The summed E-state index contributed by atoms with van der Waals surface area (Å²) in [6.45, 7) is 3.90. The molecule has 7 nitrogen and oxygen atoms in total. The molecule has 2 aliphatic heterocycles. The lowest BCUT2D eigenvalue weighted by atomic mass is 9.93. The van der Waals surface area contributed by atoms with Crippen molar-refractivity contribution in [2.24, 2.45) is 11.8 Å². The Morgan fingerprint density at radius 1 is 1.31 bits per heavy atom. The second-order valence-corrected chi connectivity index (χ2v) is 7.03. The van der Waals surface area contributed by atoms with Crippen LogP contribution in [0.5, 0.6) is 0 Å². The number of carbonyl (C=O) groups is 3. The van der Waals surface area contributed by atoms with E-state index in [4.69, 9.17) is 14.2 Å². The molecule has 0 aliphatic carbocycles. The normalized spacial score (nSPS) is 27.5. The zero-order valence-corrected chi connectivity index (χ0v) is 15.1. The summed E-state index contributed by atoms with van der Waals surface area (Å²) in [5.41, 5.74) is -0.421. The zero-order valence-electron chi connectivity index (χ0n) is 15.1. The summed E-state index contributed by atoms with van der Waals surface area (Å²) in [6.07, 6.45) is -0.552. The van der Waals surface area contributed by atoms with Crippen molar-refractivity contribution in [2.45, 2.75) is 38.6 Å². The van der Waals surface area contributed by atoms with Gasteiger partial charge in [-0.25, -0.2) is 4.79 Å². The van der Waals surface area contributed by atoms with Crippen molar-refractivity contribution in [3.8, 4) is 0 Å².